The van der Waals surface area contributed by atoms with Crippen LogP contribution in [0.4, 0.5) is 18.9 Å². The quantitative estimate of drug-likeness (QED) is 0.894. The van der Waals surface area contributed by atoms with Gasteiger partial charge in [-0.05, 0) is 36.8 Å². The molecule has 0 bridgehead atoms. The molecule has 0 spiro atoms. The van der Waals surface area contributed by atoms with Crippen LogP contribution in [0, 0.1) is 0 Å². The molecule has 2 nitrogen and oxygen atoms in total. The summed E-state index contributed by atoms with van der Waals surface area (Å²) < 4.78 is 44.2. The normalized spacial score (nSPS) is 23.4. The molecule has 0 radical (unpaired) electrons. The van der Waals surface area contributed by atoms with Gasteiger partial charge in [0.25, 0.3) is 0 Å². The maximum atomic E-state index is 13.1. The molecule has 2 atom stereocenters. The number of benzene rings is 1. The van der Waals surface area contributed by atoms with E-state index in [1.807, 2.05) is 0 Å². The molecule has 1 saturated heterocycles. The van der Waals surface area contributed by atoms with Gasteiger partial charge in [0, 0.05) is 17.0 Å². The molecule has 1 aliphatic heterocycles. The van der Waals surface area contributed by atoms with Crippen molar-refractivity contribution in [3.05, 3.63) is 23.8 Å². The highest BCUT2D eigenvalue weighted by Crippen LogP contribution is 2.38. The molecule has 6 heteroatoms. The van der Waals surface area contributed by atoms with Crippen LogP contribution in [0.5, 0.6) is 5.75 Å². The number of rotatable bonds is 3. The second-order valence-electron chi connectivity index (χ2n) is 4.88. The first-order valence-electron chi connectivity index (χ1n) is 6.55. The average molecular weight is 305 g/mol. The molecule has 1 N–H and O–H groups in total. The molecule has 0 amide bonds. The van der Waals surface area contributed by atoms with E-state index < -0.39 is 11.7 Å². The van der Waals surface area contributed by atoms with Crippen LogP contribution in [0.15, 0.2) is 18.2 Å². The molecule has 1 fully saturated rings. The van der Waals surface area contributed by atoms with Gasteiger partial charge in [0.1, 0.15) is 5.75 Å². The van der Waals surface area contributed by atoms with Crippen molar-refractivity contribution in [1.82, 2.24) is 0 Å². The fraction of sp³-hybridized carbons (Fsp3) is 0.571. The van der Waals surface area contributed by atoms with Gasteiger partial charge in [-0.25, -0.2) is 0 Å². The minimum atomic E-state index is -4.39. The number of ether oxygens (including phenoxy) is 1. The molecule has 1 aliphatic rings. The van der Waals surface area contributed by atoms with Crippen molar-refractivity contribution in [3.63, 3.8) is 0 Å². The van der Waals surface area contributed by atoms with Crippen LogP contribution < -0.4 is 10.1 Å². The molecular formula is C14H18F3NOS. The van der Waals surface area contributed by atoms with Crippen LogP contribution in [0.1, 0.15) is 25.3 Å². The lowest BCUT2D eigenvalue weighted by Gasteiger charge is -2.31. The smallest absolute Gasteiger partial charge is 0.418 e. The summed E-state index contributed by atoms with van der Waals surface area (Å²) in [4.78, 5) is 0. The predicted molar refractivity (Wildman–Crippen MR) is 76.6 cm³/mol. The zero-order valence-electron chi connectivity index (χ0n) is 11.5. The van der Waals surface area contributed by atoms with Gasteiger partial charge < -0.3 is 10.1 Å². The van der Waals surface area contributed by atoms with Crippen molar-refractivity contribution in [2.45, 2.75) is 37.2 Å². The number of nitrogens with one attached hydrogen (secondary N) is 1. The Balaban J connectivity index is 2.26. The second kappa shape index (κ2) is 6.16. The van der Waals surface area contributed by atoms with Gasteiger partial charge in [0.2, 0.25) is 0 Å². The SMILES string of the molecule is COc1ccc(NC2CCCSC2C)c(C(F)(F)F)c1. The number of thioether (sulfide) groups is 1. The molecule has 1 aromatic rings. The molecule has 0 saturated carbocycles. The van der Waals surface area contributed by atoms with Gasteiger partial charge in [-0.15, -0.1) is 0 Å². The molecular weight excluding hydrogens is 287 g/mol. The second-order valence-corrected chi connectivity index (χ2v) is 6.36. The van der Waals surface area contributed by atoms with Gasteiger partial charge in [-0.3, -0.25) is 0 Å². The Morgan fingerprint density at radius 1 is 1.35 bits per heavy atom. The Kier molecular flexibility index (Phi) is 4.73. The summed E-state index contributed by atoms with van der Waals surface area (Å²) in [5.41, 5.74) is -0.530. The van der Waals surface area contributed by atoms with Gasteiger partial charge in [0.15, 0.2) is 0 Å². The maximum Gasteiger partial charge on any atom is 0.418 e. The highest BCUT2D eigenvalue weighted by molar-refractivity contribution is 8.00. The monoisotopic (exact) mass is 305 g/mol. The van der Waals surface area contributed by atoms with Gasteiger partial charge in [-0.1, -0.05) is 6.92 Å². The van der Waals surface area contributed by atoms with E-state index in [1.54, 1.807) is 17.8 Å². The Labute approximate surface area is 121 Å². The summed E-state index contributed by atoms with van der Waals surface area (Å²) >= 11 is 1.80. The van der Waals surface area contributed by atoms with E-state index in [-0.39, 0.29) is 17.5 Å². The van der Waals surface area contributed by atoms with Crippen LogP contribution in [0.25, 0.3) is 0 Å². The van der Waals surface area contributed by atoms with Crippen LogP contribution in [-0.4, -0.2) is 24.2 Å². The van der Waals surface area contributed by atoms with E-state index in [1.165, 1.54) is 13.2 Å². The van der Waals surface area contributed by atoms with Gasteiger partial charge >= 0.3 is 6.18 Å². The molecule has 20 heavy (non-hydrogen) atoms. The minimum absolute atomic E-state index is 0.0724. The van der Waals surface area contributed by atoms with E-state index in [0.29, 0.717) is 5.25 Å². The van der Waals surface area contributed by atoms with Crippen molar-refractivity contribution in [3.8, 4) is 5.75 Å². The van der Waals surface area contributed by atoms with Gasteiger partial charge in [0.05, 0.1) is 12.7 Å². The molecule has 2 unspecified atom stereocenters. The molecule has 1 heterocycles. The molecule has 0 aliphatic carbocycles. The van der Waals surface area contributed by atoms with Crippen molar-refractivity contribution in [1.29, 1.82) is 0 Å². The number of halogens is 3. The molecule has 112 valence electrons. The molecule has 2 rings (SSSR count). The zero-order chi connectivity index (χ0) is 14.8. The van der Waals surface area contributed by atoms with Crippen molar-refractivity contribution in [2.75, 3.05) is 18.2 Å². The van der Waals surface area contributed by atoms with Crippen LogP contribution >= 0.6 is 11.8 Å². The Morgan fingerprint density at radius 2 is 2.10 bits per heavy atom. The largest absolute Gasteiger partial charge is 0.497 e. The number of hydrogen-bond acceptors (Lipinski definition) is 3. The van der Waals surface area contributed by atoms with E-state index in [4.69, 9.17) is 4.74 Å². The Morgan fingerprint density at radius 3 is 2.70 bits per heavy atom. The third kappa shape index (κ3) is 3.53. The minimum Gasteiger partial charge on any atom is -0.497 e. The first-order chi connectivity index (χ1) is 9.41. The lowest BCUT2D eigenvalue weighted by atomic mass is 10.1. The third-order valence-corrected chi connectivity index (χ3v) is 4.86. The Hall–Kier alpha value is -1.04. The summed E-state index contributed by atoms with van der Waals surface area (Å²) in [5.74, 6) is 1.29. The van der Waals surface area contributed by atoms with Gasteiger partial charge in [-0.2, -0.15) is 24.9 Å². The first kappa shape index (κ1) is 15.4. The number of methoxy groups -OCH3 is 1. The fourth-order valence-electron chi connectivity index (χ4n) is 2.32. The number of alkyl halides is 3. The predicted octanol–water partition coefficient (Wildman–Crippen LogP) is 4.41. The summed E-state index contributed by atoms with van der Waals surface area (Å²) in [6, 6.07) is 4.12. The summed E-state index contributed by atoms with van der Waals surface area (Å²) in [5, 5.41) is 3.37. The van der Waals surface area contributed by atoms with E-state index >= 15 is 0 Å². The maximum absolute atomic E-state index is 13.1. The third-order valence-electron chi connectivity index (χ3n) is 3.48. The first-order valence-corrected chi connectivity index (χ1v) is 7.60. The van der Waals surface area contributed by atoms with E-state index in [9.17, 15) is 13.2 Å². The van der Waals surface area contributed by atoms with E-state index in [2.05, 4.69) is 12.2 Å². The van der Waals surface area contributed by atoms with Crippen molar-refractivity contribution in [2.24, 2.45) is 0 Å². The topological polar surface area (TPSA) is 21.3 Å². The highest BCUT2D eigenvalue weighted by Gasteiger charge is 2.35. The van der Waals surface area contributed by atoms with Crippen molar-refractivity contribution < 1.29 is 17.9 Å². The summed E-state index contributed by atoms with van der Waals surface area (Å²) in [6.45, 7) is 2.05. The zero-order valence-corrected chi connectivity index (χ0v) is 12.3. The molecule has 0 aromatic heterocycles. The highest BCUT2D eigenvalue weighted by atomic mass is 32.2. The van der Waals surface area contributed by atoms with Crippen LogP contribution in [0.3, 0.4) is 0 Å². The lowest BCUT2D eigenvalue weighted by Crippen LogP contribution is -2.33. The van der Waals surface area contributed by atoms with E-state index in [0.717, 1.165) is 24.7 Å². The van der Waals surface area contributed by atoms with Crippen LogP contribution in [0.2, 0.25) is 0 Å². The molecule has 1 aromatic carbocycles. The standard InChI is InChI=1S/C14H18F3NOS/c1-9-12(4-3-7-20-9)18-13-6-5-10(19-2)8-11(13)14(15,16)17/h5-6,8-9,12,18H,3-4,7H2,1-2H3. The lowest BCUT2D eigenvalue weighted by molar-refractivity contribution is -0.137. The average Bonchev–Trinajstić information content (AvgIpc) is 2.40. The number of anilines is 1. The van der Waals surface area contributed by atoms with Crippen LogP contribution in [-0.2, 0) is 6.18 Å². The summed E-state index contributed by atoms with van der Waals surface area (Å²) in [6.07, 6.45) is -2.45. The fourth-order valence-corrected chi connectivity index (χ4v) is 3.46. The summed E-state index contributed by atoms with van der Waals surface area (Å²) in [7, 11) is 1.36. The number of hydrogen-bond donors (Lipinski definition) is 1. The Bertz CT molecular complexity index is 464. The van der Waals surface area contributed by atoms with Crippen molar-refractivity contribution >= 4 is 17.4 Å².